The third-order valence-corrected chi connectivity index (χ3v) is 2.76. The van der Waals surface area contributed by atoms with E-state index in [1.165, 1.54) is 0 Å². The highest BCUT2D eigenvalue weighted by Gasteiger charge is 2.23. The molecule has 0 aromatic carbocycles. The maximum absolute atomic E-state index is 12.5. The second kappa shape index (κ2) is 6.57. The Morgan fingerprint density at radius 3 is 2.11 bits per heavy atom. The van der Waals surface area contributed by atoms with Crippen molar-refractivity contribution in [3.05, 3.63) is 18.5 Å². The van der Waals surface area contributed by atoms with Crippen LogP contribution in [0.4, 0.5) is 0 Å². The van der Waals surface area contributed by atoms with Gasteiger partial charge in [-0.3, -0.25) is 9.48 Å². The second-order valence-corrected chi connectivity index (χ2v) is 5.69. The molecule has 0 bridgehead atoms. The standard InChI is InChI=1S/C14H25N3O/c1-11(2)9-16(10-12(3)4)14(18)13(5)17-8-6-7-15-17/h6-8,11-13H,9-10H2,1-5H3/t13-/m1/s1. The van der Waals surface area contributed by atoms with Gasteiger partial charge in [-0.15, -0.1) is 0 Å². The van der Waals surface area contributed by atoms with Gasteiger partial charge >= 0.3 is 0 Å². The number of rotatable bonds is 6. The monoisotopic (exact) mass is 251 g/mol. The zero-order valence-electron chi connectivity index (χ0n) is 12.1. The Labute approximate surface area is 110 Å². The third kappa shape index (κ3) is 4.17. The van der Waals surface area contributed by atoms with Crippen molar-refractivity contribution in [1.29, 1.82) is 0 Å². The predicted molar refractivity (Wildman–Crippen MR) is 73.2 cm³/mol. The Hall–Kier alpha value is -1.32. The molecule has 1 atom stereocenters. The molecule has 102 valence electrons. The van der Waals surface area contributed by atoms with E-state index in [1.807, 2.05) is 24.1 Å². The fourth-order valence-corrected chi connectivity index (χ4v) is 2.02. The molecular formula is C14H25N3O. The van der Waals surface area contributed by atoms with Crippen molar-refractivity contribution < 1.29 is 4.79 Å². The van der Waals surface area contributed by atoms with E-state index >= 15 is 0 Å². The van der Waals surface area contributed by atoms with Gasteiger partial charge < -0.3 is 4.90 Å². The minimum absolute atomic E-state index is 0.154. The summed E-state index contributed by atoms with van der Waals surface area (Å²) < 4.78 is 1.72. The summed E-state index contributed by atoms with van der Waals surface area (Å²) in [6.07, 6.45) is 3.55. The molecule has 1 aromatic rings. The highest BCUT2D eigenvalue weighted by Crippen LogP contribution is 2.12. The minimum atomic E-state index is -0.225. The highest BCUT2D eigenvalue weighted by atomic mass is 16.2. The van der Waals surface area contributed by atoms with E-state index in [-0.39, 0.29) is 11.9 Å². The number of carbonyl (C=O) groups is 1. The first-order valence-corrected chi connectivity index (χ1v) is 6.69. The van der Waals surface area contributed by atoms with E-state index < -0.39 is 0 Å². The average molecular weight is 251 g/mol. The Morgan fingerprint density at radius 2 is 1.72 bits per heavy atom. The molecule has 1 heterocycles. The van der Waals surface area contributed by atoms with Crippen molar-refractivity contribution in [2.75, 3.05) is 13.1 Å². The van der Waals surface area contributed by atoms with Crippen molar-refractivity contribution in [2.45, 2.75) is 40.7 Å². The molecule has 0 N–H and O–H groups in total. The van der Waals surface area contributed by atoms with Crippen LogP contribution in [0.15, 0.2) is 18.5 Å². The first kappa shape index (κ1) is 14.7. The summed E-state index contributed by atoms with van der Waals surface area (Å²) >= 11 is 0. The van der Waals surface area contributed by atoms with Gasteiger partial charge in [-0.25, -0.2) is 0 Å². The quantitative estimate of drug-likeness (QED) is 0.779. The van der Waals surface area contributed by atoms with Gasteiger partial charge in [0, 0.05) is 25.5 Å². The number of amides is 1. The lowest BCUT2D eigenvalue weighted by Gasteiger charge is -2.29. The molecule has 0 aliphatic heterocycles. The summed E-state index contributed by atoms with van der Waals surface area (Å²) in [4.78, 5) is 14.4. The second-order valence-electron chi connectivity index (χ2n) is 5.69. The van der Waals surface area contributed by atoms with Gasteiger partial charge in [0.25, 0.3) is 0 Å². The highest BCUT2D eigenvalue weighted by molar-refractivity contribution is 5.80. The number of nitrogens with zero attached hydrogens (tertiary/aromatic N) is 3. The molecule has 0 aliphatic rings. The van der Waals surface area contributed by atoms with Crippen LogP contribution < -0.4 is 0 Å². The van der Waals surface area contributed by atoms with E-state index in [4.69, 9.17) is 0 Å². The van der Waals surface area contributed by atoms with Gasteiger partial charge in [-0.05, 0) is 24.8 Å². The molecule has 1 rings (SSSR count). The summed E-state index contributed by atoms with van der Waals surface area (Å²) in [6, 6.07) is 1.62. The molecule has 0 fully saturated rings. The van der Waals surface area contributed by atoms with Crippen molar-refractivity contribution in [3.8, 4) is 0 Å². The van der Waals surface area contributed by atoms with Gasteiger partial charge in [-0.2, -0.15) is 5.10 Å². The summed E-state index contributed by atoms with van der Waals surface area (Å²) in [5.74, 6) is 1.12. The molecule has 0 radical (unpaired) electrons. The Kier molecular flexibility index (Phi) is 5.38. The van der Waals surface area contributed by atoms with Crippen molar-refractivity contribution in [3.63, 3.8) is 0 Å². The first-order valence-electron chi connectivity index (χ1n) is 6.69. The molecule has 1 amide bonds. The molecule has 0 spiro atoms. The van der Waals surface area contributed by atoms with Crippen LogP contribution >= 0.6 is 0 Å². The van der Waals surface area contributed by atoms with Crippen LogP contribution in [0.1, 0.15) is 40.7 Å². The Balaban J connectivity index is 2.74. The van der Waals surface area contributed by atoms with Crippen molar-refractivity contribution >= 4 is 5.91 Å². The first-order chi connectivity index (χ1) is 8.41. The van der Waals surface area contributed by atoms with Crippen LogP contribution in [0.25, 0.3) is 0 Å². The lowest BCUT2D eigenvalue weighted by Crippen LogP contribution is -2.40. The molecule has 4 nitrogen and oxygen atoms in total. The molecule has 18 heavy (non-hydrogen) atoms. The van der Waals surface area contributed by atoms with Crippen LogP contribution in [-0.4, -0.2) is 33.7 Å². The molecule has 4 heteroatoms. The van der Waals surface area contributed by atoms with Crippen LogP contribution in [0.2, 0.25) is 0 Å². The third-order valence-electron chi connectivity index (χ3n) is 2.76. The smallest absolute Gasteiger partial charge is 0.247 e. The van der Waals surface area contributed by atoms with Gasteiger partial charge in [0.1, 0.15) is 6.04 Å². The fourth-order valence-electron chi connectivity index (χ4n) is 2.02. The fraction of sp³-hybridized carbons (Fsp3) is 0.714. The number of hydrogen-bond acceptors (Lipinski definition) is 2. The average Bonchev–Trinajstić information content (AvgIpc) is 2.78. The van der Waals surface area contributed by atoms with Gasteiger partial charge in [-0.1, -0.05) is 27.7 Å². The van der Waals surface area contributed by atoms with Crippen LogP contribution in [-0.2, 0) is 4.79 Å². The zero-order valence-corrected chi connectivity index (χ0v) is 12.1. The van der Waals surface area contributed by atoms with E-state index in [2.05, 4.69) is 32.8 Å². The maximum Gasteiger partial charge on any atom is 0.247 e. The van der Waals surface area contributed by atoms with Crippen LogP contribution in [0.3, 0.4) is 0 Å². The number of aromatic nitrogens is 2. The Bertz CT molecular complexity index is 347. The van der Waals surface area contributed by atoms with Gasteiger partial charge in [0.15, 0.2) is 0 Å². The summed E-state index contributed by atoms with van der Waals surface area (Å²) in [6.45, 7) is 12.1. The van der Waals surface area contributed by atoms with Crippen molar-refractivity contribution in [1.82, 2.24) is 14.7 Å². The van der Waals surface area contributed by atoms with Gasteiger partial charge in [0.2, 0.25) is 5.91 Å². The summed E-state index contributed by atoms with van der Waals surface area (Å²) in [5.41, 5.74) is 0. The zero-order chi connectivity index (χ0) is 13.7. The minimum Gasteiger partial charge on any atom is -0.340 e. The van der Waals surface area contributed by atoms with Crippen LogP contribution in [0.5, 0.6) is 0 Å². The van der Waals surface area contributed by atoms with E-state index in [0.29, 0.717) is 11.8 Å². The molecule has 0 saturated carbocycles. The van der Waals surface area contributed by atoms with Crippen molar-refractivity contribution in [2.24, 2.45) is 11.8 Å². The van der Waals surface area contributed by atoms with E-state index in [9.17, 15) is 4.79 Å². The molecule has 1 aromatic heterocycles. The largest absolute Gasteiger partial charge is 0.340 e. The topological polar surface area (TPSA) is 38.1 Å². The van der Waals surface area contributed by atoms with Crippen LogP contribution in [0, 0.1) is 11.8 Å². The molecular weight excluding hydrogens is 226 g/mol. The van der Waals surface area contributed by atoms with Gasteiger partial charge in [0.05, 0.1) is 0 Å². The van der Waals surface area contributed by atoms with E-state index in [1.54, 1.807) is 10.9 Å². The lowest BCUT2D eigenvalue weighted by molar-refractivity contribution is -0.135. The molecule has 0 aliphatic carbocycles. The van der Waals surface area contributed by atoms with E-state index in [0.717, 1.165) is 13.1 Å². The number of carbonyl (C=O) groups excluding carboxylic acids is 1. The maximum atomic E-state index is 12.5. The summed E-state index contributed by atoms with van der Waals surface area (Å²) in [5, 5.41) is 4.15. The number of hydrogen-bond donors (Lipinski definition) is 0. The predicted octanol–water partition coefficient (Wildman–Crippen LogP) is 2.58. The Morgan fingerprint density at radius 1 is 1.17 bits per heavy atom. The summed E-state index contributed by atoms with van der Waals surface area (Å²) in [7, 11) is 0. The SMILES string of the molecule is CC(C)CN(CC(C)C)C(=O)[C@@H](C)n1cccn1. The lowest BCUT2D eigenvalue weighted by atomic mass is 10.1. The normalized spacial score (nSPS) is 13.1. The molecule has 0 saturated heterocycles. The molecule has 0 unspecified atom stereocenters.